The Labute approximate surface area is 105 Å². The molecule has 1 aliphatic heterocycles. The maximum absolute atomic E-state index is 11.7. The zero-order valence-electron chi connectivity index (χ0n) is 10.5. The van der Waals surface area contributed by atoms with Crippen LogP contribution in [0, 0.1) is 0 Å². The molecule has 0 N–H and O–H groups in total. The molecule has 0 spiro atoms. The lowest BCUT2D eigenvalue weighted by atomic mass is 10.2. The van der Waals surface area contributed by atoms with E-state index in [4.69, 9.17) is 14.2 Å². The number of esters is 1. The van der Waals surface area contributed by atoms with Crippen molar-refractivity contribution in [3.63, 3.8) is 0 Å². The number of aromatic nitrogens is 1. The van der Waals surface area contributed by atoms with Crippen LogP contribution in [-0.4, -0.2) is 51.0 Å². The van der Waals surface area contributed by atoms with E-state index in [1.807, 2.05) is 11.0 Å². The third-order valence-electron chi connectivity index (χ3n) is 2.84. The van der Waals surface area contributed by atoms with E-state index in [1.54, 1.807) is 19.4 Å². The van der Waals surface area contributed by atoms with Gasteiger partial charge in [0.15, 0.2) is 17.6 Å². The molecule has 1 saturated heterocycles. The topological polar surface area (TPSA) is 60.9 Å². The Bertz CT molecular complexity index is 424. The molecule has 2 heterocycles. The van der Waals surface area contributed by atoms with Crippen LogP contribution in [0.15, 0.2) is 18.3 Å². The number of hydrogen-bond donors (Lipinski definition) is 0. The molecule has 1 aromatic heterocycles. The monoisotopic (exact) mass is 252 g/mol. The van der Waals surface area contributed by atoms with Crippen LogP contribution in [0.4, 0.5) is 5.82 Å². The molecule has 1 aliphatic rings. The van der Waals surface area contributed by atoms with Crippen molar-refractivity contribution in [2.45, 2.75) is 6.04 Å². The summed E-state index contributed by atoms with van der Waals surface area (Å²) in [6.45, 7) is 1.42. The van der Waals surface area contributed by atoms with Gasteiger partial charge in [-0.3, -0.25) is 0 Å². The highest BCUT2D eigenvalue weighted by molar-refractivity contribution is 5.80. The van der Waals surface area contributed by atoms with Crippen LogP contribution in [0.25, 0.3) is 0 Å². The van der Waals surface area contributed by atoms with Crippen molar-refractivity contribution in [3.8, 4) is 5.75 Å². The normalized spacial score (nSPS) is 19.4. The molecule has 0 saturated carbocycles. The molecule has 1 atom stereocenters. The van der Waals surface area contributed by atoms with Crippen LogP contribution in [0.3, 0.4) is 0 Å². The van der Waals surface area contributed by atoms with Crippen molar-refractivity contribution in [1.82, 2.24) is 4.98 Å². The van der Waals surface area contributed by atoms with E-state index < -0.39 is 6.04 Å². The van der Waals surface area contributed by atoms with Crippen molar-refractivity contribution in [1.29, 1.82) is 0 Å². The minimum atomic E-state index is -0.479. The molecule has 0 amide bonds. The molecule has 1 fully saturated rings. The van der Waals surface area contributed by atoms with Crippen LogP contribution in [0.2, 0.25) is 0 Å². The number of carbonyl (C=O) groups is 1. The van der Waals surface area contributed by atoms with Crippen molar-refractivity contribution in [3.05, 3.63) is 18.3 Å². The number of anilines is 1. The second kappa shape index (κ2) is 5.68. The summed E-state index contributed by atoms with van der Waals surface area (Å²) in [5.74, 6) is 0.939. The highest BCUT2D eigenvalue weighted by Crippen LogP contribution is 2.27. The first-order valence-electron chi connectivity index (χ1n) is 5.69. The molecule has 1 aromatic rings. The maximum atomic E-state index is 11.7. The number of morpholine rings is 1. The zero-order chi connectivity index (χ0) is 13.0. The summed E-state index contributed by atoms with van der Waals surface area (Å²) >= 11 is 0. The molecule has 6 nitrogen and oxygen atoms in total. The Balaban J connectivity index is 2.30. The van der Waals surface area contributed by atoms with Gasteiger partial charge in [0.25, 0.3) is 0 Å². The molecule has 0 aliphatic carbocycles. The van der Waals surface area contributed by atoms with Gasteiger partial charge in [-0.15, -0.1) is 0 Å². The van der Waals surface area contributed by atoms with Crippen LogP contribution < -0.4 is 9.64 Å². The van der Waals surface area contributed by atoms with Gasteiger partial charge in [-0.05, 0) is 12.1 Å². The second-order valence-electron chi connectivity index (χ2n) is 3.84. The van der Waals surface area contributed by atoms with E-state index in [1.165, 1.54) is 7.11 Å². The molecule has 0 bridgehead atoms. The first-order valence-corrected chi connectivity index (χ1v) is 5.69. The largest absolute Gasteiger partial charge is 0.493 e. The van der Waals surface area contributed by atoms with E-state index in [-0.39, 0.29) is 5.97 Å². The van der Waals surface area contributed by atoms with Gasteiger partial charge in [0.2, 0.25) is 0 Å². The van der Waals surface area contributed by atoms with Crippen molar-refractivity contribution in [2.24, 2.45) is 0 Å². The summed E-state index contributed by atoms with van der Waals surface area (Å²) in [5, 5.41) is 0. The van der Waals surface area contributed by atoms with Gasteiger partial charge < -0.3 is 19.1 Å². The first kappa shape index (κ1) is 12.6. The van der Waals surface area contributed by atoms with Crippen molar-refractivity contribution >= 4 is 11.8 Å². The van der Waals surface area contributed by atoms with Crippen molar-refractivity contribution in [2.75, 3.05) is 38.9 Å². The molecule has 0 aromatic carbocycles. The van der Waals surface area contributed by atoms with Crippen LogP contribution >= 0.6 is 0 Å². The van der Waals surface area contributed by atoms with E-state index in [0.717, 1.165) is 0 Å². The quantitative estimate of drug-likeness (QED) is 0.729. The minimum Gasteiger partial charge on any atom is -0.493 e. The standard InChI is InChI=1S/C12H16N2O4/c1-16-10-4-3-5-13-11(10)14-6-7-18-8-9(14)12(15)17-2/h3-5,9H,6-8H2,1-2H3. The molecular weight excluding hydrogens is 236 g/mol. The summed E-state index contributed by atoms with van der Waals surface area (Å²) in [6.07, 6.45) is 1.67. The molecule has 18 heavy (non-hydrogen) atoms. The van der Waals surface area contributed by atoms with Crippen molar-refractivity contribution < 1.29 is 19.0 Å². The van der Waals surface area contributed by atoms with Crippen LogP contribution in [-0.2, 0) is 14.3 Å². The molecule has 2 rings (SSSR count). The number of hydrogen-bond acceptors (Lipinski definition) is 6. The number of ether oxygens (including phenoxy) is 3. The molecule has 6 heteroatoms. The van der Waals surface area contributed by atoms with Gasteiger partial charge >= 0.3 is 5.97 Å². The number of methoxy groups -OCH3 is 2. The fraction of sp³-hybridized carbons (Fsp3) is 0.500. The molecular formula is C12H16N2O4. The predicted molar refractivity (Wildman–Crippen MR) is 64.8 cm³/mol. The summed E-state index contributed by atoms with van der Waals surface area (Å²) in [5.41, 5.74) is 0. The smallest absolute Gasteiger partial charge is 0.330 e. The molecule has 0 radical (unpaired) electrons. The Morgan fingerprint density at radius 3 is 3.11 bits per heavy atom. The fourth-order valence-corrected chi connectivity index (χ4v) is 1.95. The number of carbonyl (C=O) groups excluding carboxylic acids is 1. The van der Waals surface area contributed by atoms with Gasteiger partial charge in [-0.25, -0.2) is 9.78 Å². The summed E-state index contributed by atoms with van der Waals surface area (Å²) < 4.78 is 15.4. The number of pyridine rings is 1. The Kier molecular flexibility index (Phi) is 3.99. The van der Waals surface area contributed by atoms with E-state index in [2.05, 4.69) is 4.98 Å². The van der Waals surface area contributed by atoms with Gasteiger partial charge in [0.1, 0.15) is 0 Å². The molecule has 1 unspecified atom stereocenters. The SMILES string of the molecule is COC(=O)C1COCCN1c1ncccc1OC. The van der Waals surface area contributed by atoms with E-state index in [0.29, 0.717) is 31.3 Å². The van der Waals surface area contributed by atoms with E-state index in [9.17, 15) is 4.79 Å². The number of rotatable bonds is 3. The lowest BCUT2D eigenvalue weighted by molar-refractivity contribution is -0.144. The van der Waals surface area contributed by atoms with Gasteiger partial charge in [-0.1, -0.05) is 0 Å². The lowest BCUT2D eigenvalue weighted by Crippen LogP contribution is -2.51. The highest BCUT2D eigenvalue weighted by atomic mass is 16.5. The number of nitrogens with zero attached hydrogens (tertiary/aromatic N) is 2. The fourth-order valence-electron chi connectivity index (χ4n) is 1.95. The Morgan fingerprint density at radius 2 is 2.39 bits per heavy atom. The highest BCUT2D eigenvalue weighted by Gasteiger charge is 2.32. The third-order valence-corrected chi connectivity index (χ3v) is 2.84. The third kappa shape index (κ3) is 2.38. The van der Waals surface area contributed by atoms with Gasteiger partial charge in [0, 0.05) is 12.7 Å². The van der Waals surface area contributed by atoms with Gasteiger partial charge in [0.05, 0.1) is 27.4 Å². The first-order chi connectivity index (χ1) is 8.77. The Hall–Kier alpha value is -1.82. The van der Waals surface area contributed by atoms with E-state index >= 15 is 0 Å². The van der Waals surface area contributed by atoms with Gasteiger partial charge in [-0.2, -0.15) is 0 Å². The molecule has 98 valence electrons. The zero-order valence-corrected chi connectivity index (χ0v) is 10.5. The lowest BCUT2D eigenvalue weighted by Gasteiger charge is -2.34. The Morgan fingerprint density at radius 1 is 1.56 bits per heavy atom. The van der Waals surface area contributed by atoms with Crippen LogP contribution in [0.5, 0.6) is 5.75 Å². The average Bonchev–Trinajstić information content (AvgIpc) is 2.46. The maximum Gasteiger partial charge on any atom is 0.330 e. The summed E-state index contributed by atoms with van der Waals surface area (Å²) in [7, 11) is 2.94. The summed E-state index contributed by atoms with van der Waals surface area (Å²) in [6, 6.07) is 3.12. The average molecular weight is 252 g/mol. The summed E-state index contributed by atoms with van der Waals surface area (Å²) in [4.78, 5) is 17.9. The second-order valence-corrected chi connectivity index (χ2v) is 3.84. The van der Waals surface area contributed by atoms with Crippen LogP contribution in [0.1, 0.15) is 0 Å². The minimum absolute atomic E-state index is 0.298. The predicted octanol–water partition coefficient (Wildman–Crippen LogP) is 0.468.